The van der Waals surface area contributed by atoms with Crippen LogP contribution >= 0.6 is 0 Å². The van der Waals surface area contributed by atoms with Crippen LogP contribution in [-0.4, -0.2) is 72.5 Å². The highest BCUT2D eigenvalue weighted by molar-refractivity contribution is 5.94. The molecular formula is C27H27FN8O3. The van der Waals surface area contributed by atoms with E-state index in [4.69, 9.17) is 20.2 Å². The van der Waals surface area contributed by atoms with E-state index in [1.54, 1.807) is 15.4 Å². The minimum absolute atomic E-state index is 0.175. The molecule has 12 heteroatoms. The van der Waals surface area contributed by atoms with Gasteiger partial charge in [0.2, 0.25) is 0 Å². The highest BCUT2D eigenvalue weighted by atomic mass is 19.1. The van der Waals surface area contributed by atoms with Gasteiger partial charge in [-0.2, -0.15) is 5.10 Å². The minimum atomic E-state index is -1.27. The Labute approximate surface area is 222 Å². The van der Waals surface area contributed by atoms with Gasteiger partial charge in [0.1, 0.15) is 42.1 Å². The van der Waals surface area contributed by atoms with Crippen molar-refractivity contribution in [3.05, 3.63) is 60.8 Å². The van der Waals surface area contributed by atoms with E-state index in [9.17, 15) is 5.11 Å². The van der Waals surface area contributed by atoms with Gasteiger partial charge in [0, 0.05) is 43.4 Å². The van der Waals surface area contributed by atoms with Gasteiger partial charge in [-0.3, -0.25) is 0 Å². The number of hydrogen-bond donors (Lipinski definition) is 2. The Morgan fingerprint density at radius 2 is 2.03 bits per heavy atom. The van der Waals surface area contributed by atoms with Crippen molar-refractivity contribution in [2.24, 2.45) is 0 Å². The molecule has 0 aliphatic carbocycles. The number of β-amino-alcohol motifs (C(OH)–C–C–N with tert-alkyl or cyclic N) is 1. The van der Waals surface area contributed by atoms with Gasteiger partial charge in [0.15, 0.2) is 6.23 Å². The van der Waals surface area contributed by atoms with E-state index < -0.39 is 18.5 Å². The number of ether oxygens (including phenoxy) is 2. The van der Waals surface area contributed by atoms with Gasteiger partial charge < -0.3 is 29.8 Å². The zero-order valence-corrected chi connectivity index (χ0v) is 21.2. The van der Waals surface area contributed by atoms with Crippen LogP contribution < -0.4 is 15.4 Å². The maximum absolute atomic E-state index is 15.4. The average molecular weight is 531 g/mol. The standard InChI is InChI=1S/C27H27FN8O3/c1-15-6-7-36(33-15)22-12-35(26-24(22)25(29)30-14-31-26)27-20(28)8-19(39-27)13-38-18-4-2-16-3-5-23(32-21(16)9-18)34-10-17(37)11-34/h2-7,9,12,14,17,19-20,27,37H,8,10-11,13H2,1H3,(H2,29,30,31)/t19-,20-,27+/m0/s1. The predicted molar refractivity (Wildman–Crippen MR) is 143 cm³/mol. The quantitative estimate of drug-likeness (QED) is 0.340. The first-order valence-electron chi connectivity index (χ1n) is 12.8. The summed E-state index contributed by atoms with van der Waals surface area (Å²) in [4.78, 5) is 15.2. The van der Waals surface area contributed by atoms with Gasteiger partial charge >= 0.3 is 0 Å². The van der Waals surface area contributed by atoms with Gasteiger partial charge in [-0.1, -0.05) is 0 Å². The third-order valence-corrected chi connectivity index (χ3v) is 7.26. The molecule has 7 rings (SSSR count). The lowest BCUT2D eigenvalue weighted by atomic mass is 10.1. The lowest BCUT2D eigenvalue weighted by Crippen LogP contribution is -2.51. The zero-order chi connectivity index (χ0) is 26.7. The van der Waals surface area contributed by atoms with Gasteiger partial charge in [-0.05, 0) is 37.3 Å². The first-order valence-corrected chi connectivity index (χ1v) is 12.8. The first kappa shape index (κ1) is 23.8. The fourth-order valence-electron chi connectivity index (χ4n) is 5.24. The van der Waals surface area contributed by atoms with Crippen LogP contribution in [0.3, 0.4) is 0 Å². The normalized spacial score (nSPS) is 21.6. The third-order valence-electron chi connectivity index (χ3n) is 7.26. The average Bonchev–Trinajstić information content (AvgIpc) is 3.62. The summed E-state index contributed by atoms with van der Waals surface area (Å²) < 4.78 is 30.9. The molecule has 0 spiro atoms. The number of anilines is 2. The molecular weight excluding hydrogens is 503 g/mol. The molecule has 3 atom stereocenters. The van der Waals surface area contributed by atoms with Crippen molar-refractivity contribution >= 4 is 33.6 Å². The maximum atomic E-state index is 15.4. The Balaban J connectivity index is 1.10. The number of nitrogens with zero attached hydrogens (tertiary/aromatic N) is 7. The predicted octanol–water partition coefficient (Wildman–Crippen LogP) is 2.94. The monoisotopic (exact) mass is 530 g/mol. The van der Waals surface area contributed by atoms with Crippen molar-refractivity contribution in [2.75, 3.05) is 30.3 Å². The van der Waals surface area contributed by atoms with Crippen LogP contribution in [0.2, 0.25) is 0 Å². The lowest BCUT2D eigenvalue weighted by molar-refractivity contribution is -0.0310. The number of aromatic nitrogens is 6. The molecule has 0 radical (unpaired) electrons. The SMILES string of the molecule is Cc1ccn(-c2cn([C@@H]3O[C@H](COc4ccc5ccc(N6CC(O)C6)nc5c4)C[C@@H]3F)c3ncnc(N)c23)n1. The highest BCUT2D eigenvalue weighted by Crippen LogP contribution is 2.37. The fourth-order valence-corrected chi connectivity index (χ4v) is 5.24. The summed E-state index contributed by atoms with van der Waals surface area (Å²) in [6.07, 6.45) is 2.17. The number of rotatable bonds is 6. The van der Waals surface area contributed by atoms with Crippen LogP contribution in [0.25, 0.3) is 27.6 Å². The van der Waals surface area contributed by atoms with Gasteiger partial charge in [0.05, 0.1) is 34.5 Å². The number of nitrogens with two attached hydrogens (primary N) is 1. The molecule has 2 aliphatic rings. The first-order chi connectivity index (χ1) is 18.9. The topological polar surface area (TPSA) is 129 Å². The molecule has 39 heavy (non-hydrogen) atoms. The highest BCUT2D eigenvalue weighted by Gasteiger charge is 2.38. The third kappa shape index (κ3) is 4.21. The number of aryl methyl sites for hydroxylation is 1. The van der Waals surface area contributed by atoms with E-state index in [0.29, 0.717) is 35.6 Å². The number of alkyl halides is 1. The van der Waals surface area contributed by atoms with E-state index in [0.717, 1.165) is 22.4 Å². The molecule has 4 aromatic heterocycles. The Bertz CT molecular complexity index is 1680. The summed E-state index contributed by atoms with van der Waals surface area (Å²) in [5, 5.41) is 15.6. The Morgan fingerprint density at radius 1 is 1.18 bits per heavy atom. The van der Waals surface area contributed by atoms with Gasteiger partial charge in [-0.15, -0.1) is 0 Å². The van der Waals surface area contributed by atoms with E-state index >= 15 is 4.39 Å². The van der Waals surface area contributed by atoms with Crippen LogP contribution in [0, 0.1) is 6.92 Å². The second-order valence-electron chi connectivity index (χ2n) is 10.1. The molecule has 2 aliphatic heterocycles. The molecule has 0 bridgehead atoms. The molecule has 0 saturated carbocycles. The summed E-state index contributed by atoms with van der Waals surface area (Å²) in [5.74, 6) is 1.73. The van der Waals surface area contributed by atoms with Crippen molar-refractivity contribution < 1.29 is 19.0 Å². The molecule has 2 fully saturated rings. The largest absolute Gasteiger partial charge is 0.491 e. The van der Waals surface area contributed by atoms with E-state index in [2.05, 4.69) is 15.1 Å². The number of pyridine rings is 1. The molecule has 1 aromatic carbocycles. The van der Waals surface area contributed by atoms with Crippen LogP contribution in [0.5, 0.6) is 5.75 Å². The second-order valence-corrected chi connectivity index (χ2v) is 10.1. The maximum Gasteiger partial charge on any atom is 0.167 e. The Kier molecular flexibility index (Phi) is 5.60. The van der Waals surface area contributed by atoms with Crippen molar-refractivity contribution in [3.8, 4) is 11.4 Å². The molecule has 5 aromatic rings. The number of aliphatic hydroxyl groups is 1. The second kappa shape index (κ2) is 9.17. The van der Waals surface area contributed by atoms with Crippen molar-refractivity contribution in [3.63, 3.8) is 0 Å². The molecule has 0 amide bonds. The van der Waals surface area contributed by atoms with E-state index in [1.807, 2.05) is 54.4 Å². The van der Waals surface area contributed by atoms with Gasteiger partial charge in [0.25, 0.3) is 0 Å². The molecule has 11 nitrogen and oxygen atoms in total. The Morgan fingerprint density at radius 3 is 2.82 bits per heavy atom. The van der Waals surface area contributed by atoms with Crippen LogP contribution in [0.15, 0.2) is 55.1 Å². The van der Waals surface area contributed by atoms with Crippen molar-refractivity contribution in [2.45, 2.75) is 38.0 Å². The fraction of sp³-hybridized carbons (Fsp3) is 0.333. The minimum Gasteiger partial charge on any atom is -0.491 e. The van der Waals surface area contributed by atoms with Crippen LogP contribution in [0.1, 0.15) is 18.3 Å². The molecule has 6 heterocycles. The lowest BCUT2D eigenvalue weighted by Gasteiger charge is -2.36. The number of benzene rings is 1. The van der Waals surface area contributed by atoms with Crippen LogP contribution in [0.4, 0.5) is 16.0 Å². The number of hydrogen-bond acceptors (Lipinski definition) is 9. The molecule has 3 N–H and O–H groups in total. The van der Waals surface area contributed by atoms with E-state index in [-0.39, 0.29) is 24.9 Å². The zero-order valence-electron chi connectivity index (χ0n) is 21.2. The number of fused-ring (bicyclic) bond motifs is 2. The van der Waals surface area contributed by atoms with E-state index in [1.165, 1.54) is 6.33 Å². The summed E-state index contributed by atoms with van der Waals surface area (Å²) in [5.41, 5.74) is 8.95. The number of halogens is 1. The van der Waals surface area contributed by atoms with Gasteiger partial charge in [-0.25, -0.2) is 24.0 Å². The summed E-state index contributed by atoms with van der Waals surface area (Å²) in [6.45, 7) is 3.23. The Hall–Kier alpha value is -4.29. The number of aliphatic hydroxyl groups excluding tert-OH is 1. The smallest absolute Gasteiger partial charge is 0.167 e. The van der Waals surface area contributed by atoms with Crippen molar-refractivity contribution in [1.82, 2.24) is 29.3 Å². The molecule has 0 unspecified atom stereocenters. The van der Waals surface area contributed by atoms with Crippen molar-refractivity contribution in [1.29, 1.82) is 0 Å². The summed E-state index contributed by atoms with van der Waals surface area (Å²) >= 11 is 0. The number of nitrogen functional groups attached to an aromatic ring is 1. The summed E-state index contributed by atoms with van der Waals surface area (Å²) in [7, 11) is 0. The summed E-state index contributed by atoms with van der Waals surface area (Å²) in [6, 6.07) is 11.5. The molecule has 2 saturated heterocycles. The van der Waals surface area contributed by atoms with Crippen LogP contribution in [-0.2, 0) is 4.74 Å². The molecule has 200 valence electrons.